The first-order valence-corrected chi connectivity index (χ1v) is 7.62. The van der Waals surface area contributed by atoms with Gasteiger partial charge in [0, 0.05) is 25.1 Å². The number of nitrogens with zero attached hydrogens (tertiary/aromatic N) is 1. The molecule has 2 heteroatoms. The van der Waals surface area contributed by atoms with Crippen LogP contribution in [0.15, 0.2) is 34.9 Å². The zero-order valence-corrected chi connectivity index (χ0v) is 12.0. The zero-order chi connectivity index (χ0) is 13.0. The van der Waals surface area contributed by atoms with Crippen molar-refractivity contribution in [2.24, 2.45) is 5.92 Å². The lowest BCUT2D eigenvalue weighted by Gasteiger charge is -2.59. The average molecular weight is 257 g/mol. The fourth-order valence-electron chi connectivity index (χ4n) is 4.93. The Morgan fingerprint density at radius 3 is 3.11 bits per heavy atom. The van der Waals surface area contributed by atoms with E-state index < -0.39 is 0 Å². The first kappa shape index (κ1) is 11.9. The summed E-state index contributed by atoms with van der Waals surface area (Å²) in [5, 5.41) is 0. The number of hydrogen-bond acceptors (Lipinski definition) is 2. The molecule has 1 spiro atoms. The molecular formula is C17H23NO. The van der Waals surface area contributed by atoms with Gasteiger partial charge in [-0.2, -0.15) is 0 Å². The average Bonchev–Trinajstić information content (AvgIpc) is 2.46. The Balaban J connectivity index is 1.86. The Bertz CT molecular complexity index is 501. The van der Waals surface area contributed by atoms with Gasteiger partial charge in [0.1, 0.15) is 0 Å². The summed E-state index contributed by atoms with van der Waals surface area (Å²) < 4.78 is 5.61. The molecule has 1 fully saturated rings. The first-order valence-electron chi connectivity index (χ1n) is 7.62. The van der Waals surface area contributed by atoms with Crippen molar-refractivity contribution in [2.75, 3.05) is 20.7 Å². The molecule has 19 heavy (non-hydrogen) atoms. The Morgan fingerprint density at radius 2 is 2.26 bits per heavy atom. The van der Waals surface area contributed by atoms with Crippen LogP contribution in [-0.2, 0) is 4.74 Å². The van der Waals surface area contributed by atoms with Crippen molar-refractivity contribution in [1.29, 1.82) is 0 Å². The molecule has 0 aromatic rings. The topological polar surface area (TPSA) is 12.5 Å². The highest BCUT2D eigenvalue weighted by Crippen LogP contribution is 2.55. The van der Waals surface area contributed by atoms with Crippen molar-refractivity contribution in [2.45, 2.75) is 43.7 Å². The maximum Gasteiger partial charge on any atom is 0.0761 e. The molecule has 0 aromatic carbocycles. The minimum Gasteiger partial charge on any atom is -0.377 e. The summed E-state index contributed by atoms with van der Waals surface area (Å²) in [5.74, 6) is 0.663. The Kier molecular flexibility index (Phi) is 2.55. The second kappa shape index (κ2) is 4.07. The standard InChI is InChI=1S/C17H23NO/c1-18-11-12-9-13-5-3-4-8-17(13,18)16-10-14(19-2)6-7-15(12)16/h6-7,9,14,16H,3-5,8,10-11H2,1-2H3. The monoisotopic (exact) mass is 257 g/mol. The van der Waals surface area contributed by atoms with Crippen molar-refractivity contribution in [1.82, 2.24) is 4.90 Å². The molecule has 2 nitrogen and oxygen atoms in total. The number of hydrogen-bond donors (Lipinski definition) is 0. The Hall–Kier alpha value is -0.860. The molecule has 0 radical (unpaired) electrons. The molecule has 3 atom stereocenters. The molecule has 2 aliphatic heterocycles. The van der Waals surface area contributed by atoms with Crippen LogP contribution in [0.25, 0.3) is 0 Å². The van der Waals surface area contributed by atoms with E-state index in [9.17, 15) is 0 Å². The molecule has 0 aromatic heterocycles. The fourth-order valence-corrected chi connectivity index (χ4v) is 4.93. The van der Waals surface area contributed by atoms with Gasteiger partial charge in [0.25, 0.3) is 0 Å². The van der Waals surface area contributed by atoms with E-state index in [1.807, 2.05) is 7.11 Å². The second-order valence-electron chi connectivity index (χ2n) is 6.56. The van der Waals surface area contributed by atoms with Crippen LogP contribution in [0.3, 0.4) is 0 Å². The summed E-state index contributed by atoms with van der Waals surface area (Å²) in [5.41, 5.74) is 5.20. The Labute approximate surface area is 115 Å². The van der Waals surface area contributed by atoms with Gasteiger partial charge in [0.2, 0.25) is 0 Å². The smallest absolute Gasteiger partial charge is 0.0761 e. The molecule has 2 heterocycles. The molecule has 5 aliphatic rings. The van der Waals surface area contributed by atoms with Gasteiger partial charge in [-0.05, 0) is 49.5 Å². The SMILES string of the molecule is COC1C=CC2=C3C=C4CCCCC4(C2C1)N(C)C3. The van der Waals surface area contributed by atoms with Gasteiger partial charge in [0.15, 0.2) is 0 Å². The maximum absolute atomic E-state index is 5.61. The van der Waals surface area contributed by atoms with Crippen LogP contribution in [0.5, 0.6) is 0 Å². The number of methoxy groups -OCH3 is 1. The van der Waals surface area contributed by atoms with E-state index in [2.05, 4.69) is 30.2 Å². The van der Waals surface area contributed by atoms with Crippen molar-refractivity contribution < 1.29 is 4.74 Å². The second-order valence-corrected chi connectivity index (χ2v) is 6.56. The minimum absolute atomic E-state index is 0.305. The van der Waals surface area contributed by atoms with E-state index in [0.29, 0.717) is 17.6 Å². The van der Waals surface area contributed by atoms with Crippen LogP contribution in [0, 0.1) is 5.92 Å². The number of likely N-dealkylation sites (N-methyl/N-ethyl adjacent to an activating group) is 1. The number of ether oxygens (including phenoxy) is 1. The summed E-state index contributed by atoms with van der Waals surface area (Å²) in [6, 6.07) is 0. The molecule has 0 N–H and O–H groups in total. The highest BCUT2D eigenvalue weighted by atomic mass is 16.5. The molecular weight excluding hydrogens is 234 g/mol. The number of fused-ring (bicyclic) bond motifs is 1. The summed E-state index contributed by atoms with van der Waals surface area (Å²) in [6.07, 6.45) is 14.0. The van der Waals surface area contributed by atoms with E-state index in [1.165, 1.54) is 25.7 Å². The van der Waals surface area contributed by atoms with Crippen molar-refractivity contribution >= 4 is 0 Å². The third-order valence-electron chi connectivity index (χ3n) is 5.83. The lowest BCUT2D eigenvalue weighted by Crippen LogP contribution is -2.61. The van der Waals surface area contributed by atoms with E-state index >= 15 is 0 Å². The van der Waals surface area contributed by atoms with E-state index in [-0.39, 0.29) is 0 Å². The van der Waals surface area contributed by atoms with Crippen LogP contribution in [0.4, 0.5) is 0 Å². The summed E-state index contributed by atoms with van der Waals surface area (Å²) in [4.78, 5) is 2.64. The van der Waals surface area contributed by atoms with Crippen LogP contribution >= 0.6 is 0 Å². The van der Waals surface area contributed by atoms with Crippen LogP contribution in [-0.4, -0.2) is 37.2 Å². The van der Waals surface area contributed by atoms with Crippen molar-refractivity contribution in [3.63, 3.8) is 0 Å². The zero-order valence-electron chi connectivity index (χ0n) is 12.0. The third-order valence-corrected chi connectivity index (χ3v) is 5.83. The lowest BCUT2D eigenvalue weighted by molar-refractivity contribution is 0.0305. The van der Waals surface area contributed by atoms with Gasteiger partial charge >= 0.3 is 0 Å². The first-order chi connectivity index (χ1) is 9.25. The van der Waals surface area contributed by atoms with Gasteiger partial charge in [-0.3, -0.25) is 4.90 Å². The molecule has 3 unspecified atom stereocenters. The summed E-state index contributed by atoms with van der Waals surface area (Å²) >= 11 is 0. The largest absolute Gasteiger partial charge is 0.377 e. The van der Waals surface area contributed by atoms with Crippen LogP contribution in [0.2, 0.25) is 0 Å². The van der Waals surface area contributed by atoms with Gasteiger partial charge < -0.3 is 4.74 Å². The van der Waals surface area contributed by atoms with Gasteiger partial charge in [-0.15, -0.1) is 0 Å². The third kappa shape index (κ3) is 1.45. The predicted molar refractivity (Wildman–Crippen MR) is 77.0 cm³/mol. The van der Waals surface area contributed by atoms with Crippen molar-refractivity contribution in [3.05, 3.63) is 34.9 Å². The van der Waals surface area contributed by atoms with E-state index in [4.69, 9.17) is 4.74 Å². The van der Waals surface area contributed by atoms with Crippen molar-refractivity contribution in [3.8, 4) is 0 Å². The molecule has 3 aliphatic carbocycles. The lowest BCUT2D eigenvalue weighted by atomic mass is 9.57. The number of rotatable bonds is 1. The van der Waals surface area contributed by atoms with Gasteiger partial charge in [-0.1, -0.05) is 24.6 Å². The van der Waals surface area contributed by atoms with Gasteiger partial charge in [0.05, 0.1) is 6.10 Å². The molecule has 1 saturated carbocycles. The predicted octanol–water partition coefficient (Wildman–Crippen LogP) is 3.07. The highest BCUT2D eigenvalue weighted by molar-refractivity contribution is 5.53. The quantitative estimate of drug-likeness (QED) is 0.716. The van der Waals surface area contributed by atoms with Crippen LogP contribution < -0.4 is 0 Å². The Morgan fingerprint density at radius 1 is 1.37 bits per heavy atom. The summed E-state index contributed by atoms with van der Waals surface area (Å²) in [7, 11) is 4.17. The molecule has 5 rings (SSSR count). The fraction of sp³-hybridized carbons (Fsp3) is 0.647. The normalized spacial score (nSPS) is 41.1. The maximum atomic E-state index is 5.61. The van der Waals surface area contributed by atoms with Gasteiger partial charge in [-0.25, -0.2) is 0 Å². The molecule has 0 saturated heterocycles. The molecule has 102 valence electrons. The highest BCUT2D eigenvalue weighted by Gasteiger charge is 2.53. The molecule has 0 amide bonds. The summed E-state index contributed by atoms with van der Waals surface area (Å²) in [6.45, 7) is 1.14. The molecule has 2 bridgehead atoms. The minimum atomic E-state index is 0.305. The van der Waals surface area contributed by atoms with E-state index in [1.54, 1.807) is 16.7 Å². The number of allylic oxidation sites excluding steroid dienone is 1. The van der Waals surface area contributed by atoms with Crippen LogP contribution in [0.1, 0.15) is 32.1 Å². The van der Waals surface area contributed by atoms with E-state index in [0.717, 1.165) is 13.0 Å².